The van der Waals surface area contributed by atoms with Gasteiger partial charge >= 0.3 is 18.2 Å². The van der Waals surface area contributed by atoms with Gasteiger partial charge in [0.1, 0.15) is 24.0 Å². The summed E-state index contributed by atoms with van der Waals surface area (Å²) in [6.07, 6.45) is 1.52. The van der Waals surface area contributed by atoms with Crippen LogP contribution in [0.25, 0.3) is 0 Å². The Kier molecular flexibility index (Phi) is 8.52. The Bertz CT molecular complexity index is 1280. The van der Waals surface area contributed by atoms with Crippen molar-refractivity contribution in [3.8, 4) is 0 Å². The number of hydrogen-bond donors (Lipinski definition) is 0. The molecule has 0 bridgehead atoms. The van der Waals surface area contributed by atoms with E-state index in [9.17, 15) is 14.4 Å². The fourth-order valence-corrected chi connectivity index (χ4v) is 5.91. The first-order valence-electron chi connectivity index (χ1n) is 14.2. The van der Waals surface area contributed by atoms with Crippen molar-refractivity contribution in [3.05, 3.63) is 78.4 Å². The lowest BCUT2D eigenvalue weighted by Crippen LogP contribution is -2.56. The largest absolute Gasteiger partial charge is 0.461 e. The van der Waals surface area contributed by atoms with Crippen LogP contribution in [-0.2, 0) is 31.0 Å². The average molecular weight is 563 g/mol. The van der Waals surface area contributed by atoms with Crippen LogP contribution >= 0.6 is 0 Å². The molecular formula is C33H42N2O6. The van der Waals surface area contributed by atoms with Gasteiger partial charge in [-0.15, -0.1) is 6.58 Å². The maximum Gasteiger partial charge on any atom is 0.416 e. The van der Waals surface area contributed by atoms with Crippen molar-refractivity contribution in [2.75, 3.05) is 4.90 Å². The molecule has 41 heavy (non-hydrogen) atoms. The molecule has 2 aliphatic rings. The molecule has 2 amide bonds. The summed E-state index contributed by atoms with van der Waals surface area (Å²) in [5, 5.41) is 0. The summed E-state index contributed by atoms with van der Waals surface area (Å²) in [4.78, 5) is 43.7. The number of benzene rings is 2. The van der Waals surface area contributed by atoms with Gasteiger partial charge in [0.15, 0.2) is 0 Å². The first kappa shape index (κ1) is 30.2. The van der Waals surface area contributed by atoms with Crippen molar-refractivity contribution >= 4 is 23.8 Å². The molecule has 0 radical (unpaired) electrons. The SMILES string of the molecule is C=CCC12C[C@@H](CCC(=O)OCc3ccccc3)N(C(=O)OC(C)(C)C)[C@@H]1N(C(=O)OC(C)(C)C)c1ccccc12. The predicted octanol–water partition coefficient (Wildman–Crippen LogP) is 7.11. The summed E-state index contributed by atoms with van der Waals surface area (Å²) in [6.45, 7) is 15.1. The number of hydrogen-bond acceptors (Lipinski definition) is 6. The molecule has 8 nitrogen and oxygen atoms in total. The van der Waals surface area contributed by atoms with Crippen molar-refractivity contribution < 1.29 is 28.6 Å². The fourth-order valence-electron chi connectivity index (χ4n) is 5.91. The topological polar surface area (TPSA) is 85.4 Å². The number of ether oxygens (including phenoxy) is 3. The Labute approximate surface area is 243 Å². The molecular weight excluding hydrogens is 520 g/mol. The van der Waals surface area contributed by atoms with E-state index in [0.717, 1.165) is 11.1 Å². The summed E-state index contributed by atoms with van der Waals surface area (Å²) < 4.78 is 17.3. The van der Waals surface area contributed by atoms with Gasteiger partial charge in [-0.3, -0.25) is 14.6 Å². The van der Waals surface area contributed by atoms with Gasteiger partial charge in [-0.1, -0.05) is 54.6 Å². The minimum Gasteiger partial charge on any atom is -0.461 e. The third kappa shape index (κ3) is 6.58. The molecule has 2 aromatic carbocycles. The number of esters is 1. The van der Waals surface area contributed by atoms with Gasteiger partial charge < -0.3 is 14.2 Å². The quantitative estimate of drug-likeness (QED) is 0.203. The van der Waals surface area contributed by atoms with Crippen LogP contribution in [0.15, 0.2) is 67.3 Å². The van der Waals surface area contributed by atoms with Gasteiger partial charge in [0, 0.05) is 17.9 Å². The minimum atomic E-state index is -0.762. The van der Waals surface area contributed by atoms with E-state index in [1.54, 1.807) is 9.80 Å². The summed E-state index contributed by atoms with van der Waals surface area (Å²) in [5.74, 6) is -0.350. The molecule has 0 spiro atoms. The van der Waals surface area contributed by atoms with Gasteiger partial charge in [0.25, 0.3) is 0 Å². The summed E-state index contributed by atoms with van der Waals surface area (Å²) in [5.41, 5.74) is 0.391. The Hall–Kier alpha value is -3.81. The van der Waals surface area contributed by atoms with E-state index in [0.29, 0.717) is 24.9 Å². The van der Waals surface area contributed by atoms with Crippen molar-refractivity contribution in [1.82, 2.24) is 4.90 Å². The molecule has 2 aromatic rings. The molecule has 1 saturated heterocycles. The number of allylic oxidation sites excluding steroid dienone is 1. The second-order valence-corrected chi connectivity index (χ2v) is 12.8. The van der Waals surface area contributed by atoms with Crippen LogP contribution in [0.3, 0.4) is 0 Å². The second-order valence-electron chi connectivity index (χ2n) is 12.8. The number of carbonyl (C=O) groups is 3. The van der Waals surface area contributed by atoms with Gasteiger partial charge in [0.05, 0.1) is 5.69 Å². The molecule has 0 saturated carbocycles. The summed E-state index contributed by atoms with van der Waals surface area (Å²) >= 11 is 0. The highest BCUT2D eigenvalue weighted by Gasteiger charge is 2.63. The lowest BCUT2D eigenvalue weighted by molar-refractivity contribution is -0.145. The van der Waals surface area contributed by atoms with Gasteiger partial charge in [-0.05, 0) is 78.0 Å². The Morgan fingerprint density at radius 1 is 0.927 bits per heavy atom. The molecule has 1 fully saturated rings. The Morgan fingerprint density at radius 3 is 2.17 bits per heavy atom. The van der Waals surface area contributed by atoms with E-state index in [-0.39, 0.29) is 19.0 Å². The van der Waals surface area contributed by atoms with Crippen LogP contribution in [0.5, 0.6) is 0 Å². The summed E-state index contributed by atoms with van der Waals surface area (Å²) in [6, 6.07) is 16.8. The molecule has 0 N–H and O–H groups in total. The predicted molar refractivity (Wildman–Crippen MR) is 157 cm³/mol. The van der Waals surface area contributed by atoms with E-state index in [1.807, 2.05) is 102 Å². The van der Waals surface area contributed by atoms with Crippen LogP contribution in [-0.4, -0.2) is 46.5 Å². The van der Waals surface area contributed by atoms with Gasteiger partial charge in [-0.2, -0.15) is 0 Å². The number of fused-ring (bicyclic) bond motifs is 3. The number of para-hydroxylation sites is 1. The van der Waals surface area contributed by atoms with E-state index >= 15 is 0 Å². The van der Waals surface area contributed by atoms with Crippen LogP contribution in [0.2, 0.25) is 0 Å². The van der Waals surface area contributed by atoms with Crippen LogP contribution in [0, 0.1) is 0 Å². The zero-order valence-corrected chi connectivity index (χ0v) is 25.0. The number of rotatable bonds is 7. The third-order valence-electron chi connectivity index (χ3n) is 7.32. The molecule has 0 aromatic heterocycles. The van der Waals surface area contributed by atoms with Crippen LogP contribution < -0.4 is 4.90 Å². The second kappa shape index (κ2) is 11.6. The lowest BCUT2D eigenvalue weighted by Gasteiger charge is -2.39. The molecule has 2 heterocycles. The first-order chi connectivity index (χ1) is 19.3. The number of nitrogens with zero attached hydrogens (tertiary/aromatic N) is 2. The minimum absolute atomic E-state index is 0.113. The number of carbonyl (C=O) groups excluding carboxylic acids is 3. The molecule has 2 aliphatic heterocycles. The van der Waals surface area contributed by atoms with Crippen LogP contribution in [0.1, 0.15) is 78.4 Å². The summed E-state index contributed by atoms with van der Waals surface area (Å²) in [7, 11) is 0. The molecule has 8 heteroatoms. The maximum atomic E-state index is 13.9. The number of likely N-dealkylation sites (tertiary alicyclic amines) is 1. The van der Waals surface area contributed by atoms with Crippen molar-refractivity contribution in [3.63, 3.8) is 0 Å². The molecule has 1 unspecified atom stereocenters. The zero-order valence-electron chi connectivity index (χ0n) is 25.0. The average Bonchev–Trinajstić information content (AvgIpc) is 3.33. The molecule has 0 aliphatic carbocycles. The monoisotopic (exact) mass is 562 g/mol. The molecule has 3 atom stereocenters. The first-order valence-corrected chi connectivity index (χ1v) is 14.2. The van der Waals surface area contributed by atoms with Crippen molar-refractivity contribution in [1.29, 1.82) is 0 Å². The zero-order chi connectivity index (χ0) is 30.0. The Balaban J connectivity index is 1.69. The van der Waals surface area contributed by atoms with Crippen molar-refractivity contribution in [2.45, 2.75) is 103 Å². The lowest BCUT2D eigenvalue weighted by atomic mass is 9.75. The highest BCUT2D eigenvalue weighted by atomic mass is 16.6. The van der Waals surface area contributed by atoms with Gasteiger partial charge in [-0.25, -0.2) is 9.59 Å². The number of anilines is 1. The Morgan fingerprint density at radius 2 is 1.54 bits per heavy atom. The maximum absolute atomic E-state index is 13.9. The molecule has 220 valence electrons. The third-order valence-corrected chi connectivity index (χ3v) is 7.32. The standard InChI is InChI=1S/C33H42N2O6/c1-8-20-33-21-24(18-19-27(36)39-22-23-14-10-9-11-15-23)34(29(37)40-31(2,3)4)28(33)35(30(38)41-32(5,6)7)26-17-13-12-16-25(26)33/h8-17,24,28H,1,18-22H2,2-7H3/t24-,28-,33?/m1/s1. The molecule has 4 rings (SSSR count). The van der Waals surface area contributed by atoms with E-state index in [1.165, 1.54) is 0 Å². The highest BCUT2D eigenvalue weighted by molar-refractivity contribution is 5.94. The van der Waals surface area contributed by atoms with E-state index in [2.05, 4.69) is 6.58 Å². The van der Waals surface area contributed by atoms with E-state index < -0.39 is 41.0 Å². The van der Waals surface area contributed by atoms with Crippen molar-refractivity contribution in [2.24, 2.45) is 0 Å². The van der Waals surface area contributed by atoms with E-state index in [4.69, 9.17) is 14.2 Å². The highest BCUT2D eigenvalue weighted by Crippen LogP contribution is 2.57. The fraction of sp³-hybridized carbons (Fsp3) is 0.485. The van der Waals surface area contributed by atoms with Crippen LogP contribution in [0.4, 0.5) is 15.3 Å². The smallest absolute Gasteiger partial charge is 0.416 e. The van der Waals surface area contributed by atoms with Gasteiger partial charge in [0.2, 0.25) is 0 Å². The number of amides is 2. The normalized spacial score (nSPS) is 21.6.